The van der Waals surface area contributed by atoms with Crippen LogP contribution in [0.5, 0.6) is 11.5 Å². The van der Waals surface area contributed by atoms with E-state index in [0.717, 1.165) is 11.3 Å². The van der Waals surface area contributed by atoms with Gasteiger partial charge in [-0.3, -0.25) is 0 Å². The largest absolute Gasteiger partial charge is 0.503 e. The Morgan fingerprint density at radius 3 is 2.66 bits per heavy atom. The number of aromatic nitrogens is 4. The Morgan fingerprint density at radius 1 is 1.17 bits per heavy atom. The standard InChI is InChI=1S/C23H18F5N5O2/c1-32(15-7-8-35-16-6-4-3-5-11(15)16)22-29-10-13-19(31-33(2)21(13)30-22)12-9-14(23(26,27)28)18(25)20(34)17(12)24/h3-6,9-10,15,34H,7-8H2,1-2H3. The van der Waals surface area contributed by atoms with Crippen molar-refractivity contribution >= 4 is 17.0 Å². The van der Waals surface area contributed by atoms with Gasteiger partial charge in [-0.1, -0.05) is 18.2 Å². The van der Waals surface area contributed by atoms with Crippen LogP contribution < -0.4 is 9.64 Å². The maximum Gasteiger partial charge on any atom is 0.419 e. The van der Waals surface area contributed by atoms with Gasteiger partial charge in [0.2, 0.25) is 5.95 Å². The first-order valence-corrected chi connectivity index (χ1v) is 10.5. The molecule has 0 saturated carbocycles. The first-order valence-electron chi connectivity index (χ1n) is 10.5. The predicted octanol–water partition coefficient (Wildman–Crippen LogP) is 4.99. The fourth-order valence-electron chi connectivity index (χ4n) is 4.26. The molecule has 1 aliphatic rings. The van der Waals surface area contributed by atoms with Crippen LogP contribution in [-0.2, 0) is 13.2 Å². The van der Waals surface area contributed by atoms with E-state index in [0.29, 0.717) is 19.0 Å². The number of benzene rings is 2. The zero-order valence-electron chi connectivity index (χ0n) is 18.4. The number of halogens is 5. The van der Waals surface area contributed by atoms with Gasteiger partial charge in [-0.15, -0.1) is 0 Å². The third-order valence-electron chi connectivity index (χ3n) is 6.02. The number of ether oxygens (including phenoxy) is 1. The van der Waals surface area contributed by atoms with Crippen molar-refractivity contribution in [3.63, 3.8) is 0 Å². The number of hydrogen-bond donors (Lipinski definition) is 1. The summed E-state index contributed by atoms with van der Waals surface area (Å²) in [6.45, 7) is 0.499. The van der Waals surface area contributed by atoms with E-state index in [2.05, 4.69) is 15.1 Å². The first kappa shape index (κ1) is 22.8. The minimum Gasteiger partial charge on any atom is -0.503 e. The summed E-state index contributed by atoms with van der Waals surface area (Å²) in [5.74, 6) is -4.31. The van der Waals surface area contributed by atoms with Crippen LogP contribution in [0.4, 0.5) is 27.9 Å². The molecular formula is C23H18F5N5O2. The Morgan fingerprint density at radius 2 is 1.91 bits per heavy atom. The van der Waals surface area contributed by atoms with E-state index in [1.54, 1.807) is 7.05 Å². The number of hydrogen-bond acceptors (Lipinski definition) is 6. The topological polar surface area (TPSA) is 76.3 Å². The molecule has 0 saturated heterocycles. The molecule has 2 aromatic carbocycles. The number of fused-ring (bicyclic) bond motifs is 2. The normalized spacial score (nSPS) is 15.7. The van der Waals surface area contributed by atoms with Gasteiger partial charge in [-0.25, -0.2) is 18.4 Å². The summed E-state index contributed by atoms with van der Waals surface area (Å²) >= 11 is 0. The van der Waals surface area contributed by atoms with Gasteiger partial charge in [0.25, 0.3) is 0 Å². The number of para-hydroxylation sites is 1. The lowest BCUT2D eigenvalue weighted by atomic mass is 9.99. The van der Waals surface area contributed by atoms with E-state index in [-0.39, 0.29) is 28.8 Å². The van der Waals surface area contributed by atoms with Crippen LogP contribution in [0.1, 0.15) is 23.6 Å². The van der Waals surface area contributed by atoms with Crippen molar-refractivity contribution in [2.75, 3.05) is 18.6 Å². The van der Waals surface area contributed by atoms with Crippen molar-refractivity contribution in [3.05, 3.63) is 59.3 Å². The summed E-state index contributed by atoms with van der Waals surface area (Å²) in [6.07, 6.45) is -3.17. The van der Waals surface area contributed by atoms with E-state index in [9.17, 15) is 27.1 Å². The molecule has 182 valence electrons. The Hall–Kier alpha value is -3.96. The van der Waals surface area contributed by atoms with Gasteiger partial charge < -0.3 is 14.7 Å². The maximum absolute atomic E-state index is 14.7. The van der Waals surface area contributed by atoms with Crippen LogP contribution in [0.15, 0.2) is 36.5 Å². The quantitative estimate of drug-likeness (QED) is 0.407. The molecule has 0 radical (unpaired) electrons. The fourth-order valence-corrected chi connectivity index (χ4v) is 4.26. The summed E-state index contributed by atoms with van der Waals surface area (Å²) in [5, 5.41) is 13.9. The minimum absolute atomic E-state index is 0.0917. The molecule has 35 heavy (non-hydrogen) atoms. The van der Waals surface area contributed by atoms with Gasteiger partial charge in [0.1, 0.15) is 11.4 Å². The molecule has 1 unspecified atom stereocenters. The second-order valence-corrected chi connectivity index (χ2v) is 8.13. The summed E-state index contributed by atoms with van der Waals surface area (Å²) in [7, 11) is 3.29. The molecule has 5 rings (SSSR count). The van der Waals surface area contributed by atoms with Crippen molar-refractivity contribution in [3.8, 4) is 22.8 Å². The van der Waals surface area contributed by atoms with E-state index in [1.807, 2.05) is 29.2 Å². The highest BCUT2D eigenvalue weighted by atomic mass is 19.4. The number of rotatable bonds is 3. The number of phenols is 1. The van der Waals surface area contributed by atoms with Crippen molar-refractivity contribution < 1.29 is 31.8 Å². The van der Waals surface area contributed by atoms with Crippen molar-refractivity contribution in [2.24, 2.45) is 7.05 Å². The fraction of sp³-hybridized carbons (Fsp3) is 0.261. The number of aromatic hydroxyl groups is 1. The van der Waals surface area contributed by atoms with Crippen LogP contribution in [-0.4, -0.2) is 38.5 Å². The zero-order valence-corrected chi connectivity index (χ0v) is 18.4. The molecule has 12 heteroatoms. The molecule has 0 bridgehead atoms. The second-order valence-electron chi connectivity index (χ2n) is 8.13. The maximum atomic E-state index is 14.7. The van der Waals surface area contributed by atoms with E-state index < -0.39 is 34.7 Å². The van der Waals surface area contributed by atoms with Crippen LogP contribution in [0.2, 0.25) is 0 Å². The highest BCUT2D eigenvalue weighted by molar-refractivity contribution is 5.91. The lowest BCUT2D eigenvalue weighted by molar-refractivity contribution is -0.140. The molecule has 0 fully saturated rings. The average molecular weight is 491 g/mol. The van der Waals surface area contributed by atoms with Gasteiger partial charge in [0, 0.05) is 37.8 Å². The summed E-state index contributed by atoms with van der Waals surface area (Å²) < 4.78 is 75.3. The molecule has 1 N–H and O–H groups in total. The smallest absolute Gasteiger partial charge is 0.419 e. The van der Waals surface area contributed by atoms with E-state index >= 15 is 0 Å². The minimum atomic E-state index is -5.15. The molecule has 0 spiro atoms. The highest BCUT2D eigenvalue weighted by Crippen LogP contribution is 2.42. The Balaban J connectivity index is 1.60. The third kappa shape index (κ3) is 3.69. The van der Waals surface area contributed by atoms with Gasteiger partial charge in [-0.05, 0) is 12.1 Å². The van der Waals surface area contributed by atoms with E-state index in [4.69, 9.17) is 4.74 Å². The molecule has 4 aromatic rings. The van der Waals surface area contributed by atoms with Gasteiger partial charge in [0.15, 0.2) is 23.0 Å². The molecule has 0 amide bonds. The Bertz CT molecular complexity index is 1450. The Labute approximate surface area is 195 Å². The second kappa shape index (κ2) is 8.07. The number of aryl methyl sites for hydroxylation is 1. The Kier molecular flexibility index (Phi) is 5.26. The molecule has 1 aliphatic heterocycles. The third-order valence-corrected chi connectivity index (χ3v) is 6.02. The predicted molar refractivity (Wildman–Crippen MR) is 116 cm³/mol. The highest BCUT2D eigenvalue weighted by Gasteiger charge is 2.38. The first-order chi connectivity index (χ1) is 16.6. The van der Waals surface area contributed by atoms with Crippen molar-refractivity contribution in [1.82, 2.24) is 19.7 Å². The monoisotopic (exact) mass is 491 g/mol. The number of phenolic OH excluding ortho intramolecular Hbond substituents is 1. The average Bonchev–Trinajstić information content (AvgIpc) is 3.16. The van der Waals surface area contributed by atoms with Gasteiger partial charge in [0.05, 0.1) is 23.6 Å². The lowest BCUT2D eigenvalue weighted by Gasteiger charge is -2.33. The zero-order chi connectivity index (χ0) is 25.1. The molecule has 1 atom stereocenters. The summed E-state index contributed by atoms with van der Waals surface area (Å²) in [5.41, 5.74) is -1.61. The van der Waals surface area contributed by atoms with Crippen molar-refractivity contribution in [2.45, 2.75) is 18.6 Å². The number of nitrogens with zero attached hydrogens (tertiary/aromatic N) is 5. The number of anilines is 1. The molecule has 7 nitrogen and oxygen atoms in total. The molecule has 2 aromatic heterocycles. The van der Waals surface area contributed by atoms with Crippen LogP contribution >= 0.6 is 0 Å². The van der Waals surface area contributed by atoms with Crippen molar-refractivity contribution in [1.29, 1.82) is 0 Å². The number of alkyl halides is 3. The summed E-state index contributed by atoms with van der Waals surface area (Å²) in [6, 6.07) is 7.77. The molecular weight excluding hydrogens is 473 g/mol. The lowest BCUT2D eigenvalue weighted by Crippen LogP contribution is -2.30. The van der Waals surface area contributed by atoms with Crippen LogP contribution in [0, 0.1) is 11.6 Å². The molecule has 3 heterocycles. The van der Waals surface area contributed by atoms with Gasteiger partial charge in [-0.2, -0.15) is 23.3 Å². The van der Waals surface area contributed by atoms with Gasteiger partial charge >= 0.3 is 6.18 Å². The molecule has 0 aliphatic carbocycles. The van der Waals surface area contributed by atoms with Crippen LogP contribution in [0.3, 0.4) is 0 Å². The van der Waals surface area contributed by atoms with E-state index in [1.165, 1.54) is 17.9 Å². The SMILES string of the molecule is CN(c1ncc2c(-c3cc(C(F)(F)F)c(F)c(O)c3F)nn(C)c2n1)C1CCOc2ccccc21. The van der Waals surface area contributed by atoms with Crippen LogP contribution in [0.25, 0.3) is 22.3 Å². The summed E-state index contributed by atoms with van der Waals surface area (Å²) in [4.78, 5) is 10.7.